The number of unbranched alkanes of at least 4 members (excludes halogenated alkanes) is 1. The maximum absolute atomic E-state index is 14.9. The van der Waals surface area contributed by atoms with Crippen LogP contribution in [0.4, 0.5) is 16.2 Å². The number of primary amides is 1. The first-order chi connectivity index (χ1) is 42.1. The fourth-order valence-electron chi connectivity index (χ4n) is 8.92. The van der Waals surface area contributed by atoms with Crippen LogP contribution in [0.15, 0.2) is 121 Å². The molecular formula is C60H73ClN12O13S2. The Morgan fingerprint density at radius 3 is 1.67 bits per heavy atom. The van der Waals surface area contributed by atoms with E-state index in [2.05, 4.69) is 47.9 Å². The SMILES string of the molecule is COc1ccc(NC(=O)Nc2ccc(C[C@H]3NC(=O)[C@H](Cc4ccc(O)cc4)NC(=O)[C@H](NC(=O)[C@@H](N)Cc4ccc(Cl)cc4)CSSC[C@@H](C(=O)N[C@H](Cc4ccc(O)cc4)C(N)=O)NC(=O)C(C(C)O)NC(=O)[C@H](CCCCN)NC3=O)cc2)cc1. The van der Waals surface area contributed by atoms with Crippen molar-refractivity contribution >= 4 is 97.9 Å². The predicted molar refractivity (Wildman–Crippen MR) is 335 cm³/mol. The van der Waals surface area contributed by atoms with Crippen molar-refractivity contribution in [3.63, 3.8) is 0 Å². The highest BCUT2D eigenvalue weighted by Crippen LogP contribution is 2.25. The summed E-state index contributed by atoms with van der Waals surface area (Å²) in [5.74, 6) is -7.51. The lowest BCUT2D eigenvalue weighted by atomic mass is 10.0. The topological polar surface area (TPSA) is 410 Å². The second-order valence-electron chi connectivity index (χ2n) is 20.7. The molecule has 1 fully saturated rings. The number of hydrogen-bond donors (Lipinski definition) is 15. The lowest BCUT2D eigenvalue weighted by Crippen LogP contribution is -2.62. The smallest absolute Gasteiger partial charge is 0.323 e. The average Bonchev–Trinajstić information content (AvgIpc) is 3.25. The first-order valence-electron chi connectivity index (χ1n) is 28.0. The van der Waals surface area contributed by atoms with Gasteiger partial charge in [-0.05, 0) is 134 Å². The number of aliphatic hydroxyl groups excluding tert-OH is 1. The van der Waals surface area contributed by atoms with E-state index < -0.39 is 108 Å². The van der Waals surface area contributed by atoms with Crippen molar-refractivity contribution in [1.82, 2.24) is 37.2 Å². The number of amides is 10. The quantitative estimate of drug-likeness (QED) is 0.0368. The van der Waals surface area contributed by atoms with Crippen LogP contribution in [0.1, 0.15) is 48.4 Å². The number of aromatic hydroxyl groups is 2. The third-order valence-electron chi connectivity index (χ3n) is 13.8. The lowest BCUT2D eigenvalue weighted by Gasteiger charge is -2.29. The molecule has 25 nitrogen and oxygen atoms in total. The maximum atomic E-state index is 14.9. The van der Waals surface area contributed by atoms with Crippen LogP contribution in [-0.2, 0) is 64.0 Å². The number of ether oxygens (including phenoxy) is 1. The van der Waals surface area contributed by atoms with E-state index in [1.54, 1.807) is 72.8 Å². The summed E-state index contributed by atoms with van der Waals surface area (Å²) < 4.78 is 5.18. The van der Waals surface area contributed by atoms with Crippen molar-refractivity contribution in [2.24, 2.45) is 17.2 Å². The second kappa shape index (κ2) is 34.1. The first kappa shape index (κ1) is 68.5. The van der Waals surface area contributed by atoms with Crippen molar-refractivity contribution in [3.8, 4) is 17.2 Å². The van der Waals surface area contributed by atoms with Crippen LogP contribution in [0.2, 0.25) is 5.02 Å². The summed E-state index contributed by atoms with van der Waals surface area (Å²) in [6.07, 6.45) is -1.63. The van der Waals surface area contributed by atoms with Gasteiger partial charge in [-0.1, -0.05) is 81.7 Å². The van der Waals surface area contributed by atoms with Crippen molar-refractivity contribution in [2.45, 2.75) is 106 Å². The molecule has 470 valence electrons. The number of nitrogens with two attached hydrogens (primary N) is 3. The molecule has 28 heteroatoms. The fraction of sp³-hybridized carbons (Fsp3) is 0.350. The molecule has 6 rings (SSSR count). The molecule has 0 spiro atoms. The van der Waals surface area contributed by atoms with Gasteiger partial charge in [0.15, 0.2) is 0 Å². The molecule has 0 bridgehead atoms. The molecule has 10 amide bonds. The van der Waals surface area contributed by atoms with E-state index in [0.717, 1.165) is 21.6 Å². The van der Waals surface area contributed by atoms with Gasteiger partial charge in [0.25, 0.3) is 0 Å². The zero-order valence-electron chi connectivity index (χ0n) is 48.2. The number of rotatable bonds is 21. The number of methoxy groups -OCH3 is 1. The van der Waals surface area contributed by atoms with Gasteiger partial charge in [0.05, 0.1) is 19.3 Å². The number of urea groups is 1. The zero-order valence-corrected chi connectivity index (χ0v) is 50.6. The molecule has 88 heavy (non-hydrogen) atoms. The predicted octanol–water partition coefficient (Wildman–Crippen LogP) is 1.79. The molecule has 2 unspecified atom stereocenters. The number of phenolic OH excluding ortho intramolecular Hbond substituents is 2. The Kier molecular flexibility index (Phi) is 26.5. The third kappa shape index (κ3) is 22.0. The minimum absolute atomic E-state index is 0.0189. The number of benzene rings is 5. The number of carbonyl (C=O) groups is 9. The molecule has 1 saturated heterocycles. The Morgan fingerprint density at radius 2 is 1.12 bits per heavy atom. The number of phenols is 2. The van der Waals surface area contributed by atoms with E-state index >= 15 is 0 Å². The Morgan fingerprint density at radius 1 is 0.636 bits per heavy atom. The van der Waals surface area contributed by atoms with Crippen LogP contribution in [0.5, 0.6) is 17.2 Å². The summed E-state index contributed by atoms with van der Waals surface area (Å²) in [4.78, 5) is 127. The van der Waals surface area contributed by atoms with Gasteiger partial charge >= 0.3 is 6.03 Å². The van der Waals surface area contributed by atoms with Crippen molar-refractivity contribution in [1.29, 1.82) is 0 Å². The first-order valence-corrected chi connectivity index (χ1v) is 30.9. The number of anilines is 2. The molecule has 0 radical (unpaired) electrons. The molecule has 5 aromatic rings. The number of halogens is 1. The monoisotopic (exact) mass is 1270 g/mol. The number of hydrogen-bond acceptors (Lipinski definition) is 17. The molecule has 0 saturated carbocycles. The third-order valence-corrected chi connectivity index (χ3v) is 16.5. The number of carbonyl (C=O) groups excluding carboxylic acids is 9. The number of nitrogens with one attached hydrogen (secondary N) is 9. The fourth-order valence-corrected chi connectivity index (χ4v) is 11.4. The Hall–Kier alpha value is -8.60. The zero-order chi connectivity index (χ0) is 63.9. The van der Waals surface area contributed by atoms with Crippen LogP contribution in [0.25, 0.3) is 0 Å². The van der Waals surface area contributed by atoms with E-state index in [0.29, 0.717) is 50.8 Å². The van der Waals surface area contributed by atoms with Gasteiger partial charge < -0.3 is 85.1 Å². The van der Waals surface area contributed by atoms with Crippen LogP contribution < -0.4 is 69.8 Å². The second-order valence-corrected chi connectivity index (χ2v) is 23.7. The largest absolute Gasteiger partial charge is 0.508 e. The van der Waals surface area contributed by atoms with Gasteiger partial charge in [-0.25, -0.2) is 4.79 Å². The molecule has 0 aliphatic carbocycles. The van der Waals surface area contributed by atoms with Crippen LogP contribution in [0, 0.1) is 0 Å². The van der Waals surface area contributed by atoms with Crippen molar-refractivity contribution < 1.29 is 63.2 Å². The van der Waals surface area contributed by atoms with Gasteiger partial charge in [-0.15, -0.1) is 0 Å². The van der Waals surface area contributed by atoms with Gasteiger partial charge in [0.1, 0.15) is 59.5 Å². The van der Waals surface area contributed by atoms with E-state index in [1.807, 2.05) is 0 Å². The molecular weight excluding hydrogens is 1200 g/mol. The molecule has 1 aliphatic heterocycles. The summed E-state index contributed by atoms with van der Waals surface area (Å²) >= 11 is 6.09. The highest BCUT2D eigenvalue weighted by molar-refractivity contribution is 8.76. The molecule has 5 aromatic carbocycles. The number of aliphatic hydroxyl groups is 1. The van der Waals surface area contributed by atoms with Crippen molar-refractivity contribution in [2.75, 3.05) is 35.8 Å². The van der Waals surface area contributed by atoms with Crippen LogP contribution in [0.3, 0.4) is 0 Å². The average molecular weight is 1270 g/mol. The standard InChI is InChI=1S/C60H73ClN12O13S2/c1-33(74)51-59(84)72-50(57(82)68-46(52(64)77)28-36-10-20-41(75)21-11-36)32-88-87-31-49(71-53(78)44(63)27-34-6-14-38(61)15-7-34)58(83)70-48(30-37-12-22-42(76)23-13-37)56(81)69-47(55(80)67-45(54(79)73-51)5-3-4-26-62)29-35-8-16-39(17-9-35)65-60(85)66-40-18-24-43(86-2)25-19-40/h6-25,33,44-51,74-76H,3-5,26-32,62-63H2,1-2H3,(H2,64,77)(H,67,80)(H,68,82)(H,69,81)(H,70,83)(H,71,78)(H,72,84)(H,73,79)(H2,65,66,85)/t33?,44-,45-,46+,47+,48-,49+,50-,51?/m0/s1. The van der Waals surface area contributed by atoms with E-state index in [1.165, 1.54) is 62.6 Å². The molecule has 0 aromatic heterocycles. The van der Waals surface area contributed by atoms with Gasteiger partial charge in [-0.3, -0.25) is 38.4 Å². The van der Waals surface area contributed by atoms with Crippen molar-refractivity contribution in [3.05, 3.63) is 149 Å². The molecule has 1 heterocycles. The summed E-state index contributed by atoms with van der Waals surface area (Å²) in [6.45, 7) is 1.41. The van der Waals surface area contributed by atoms with Crippen LogP contribution >= 0.6 is 33.2 Å². The Labute approximate surface area is 520 Å². The van der Waals surface area contributed by atoms with Gasteiger partial charge in [-0.2, -0.15) is 0 Å². The van der Waals surface area contributed by atoms with Gasteiger partial charge in [0, 0.05) is 47.2 Å². The van der Waals surface area contributed by atoms with Crippen LogP contribution in [-0.4, -0.2) is 148 Å². The molecule has 18 N–H and O–H groups in total. The molecule has 9 atom stereocenters. The maximum Gasteiger partial charge on any atom is 0.323 e. The Balaban J connectivity index is 1.37. The summed E-state index contributed by atoms with van der Waals surface area (Å²) in [5, 5.41) is 55.5. The Bertz CT molecular complexity index is 3190. The normalized spacial score (nSPS) is 20.0. The highest BCUT2D eigenvalue weighted by Gasteiger charge is 2.37. The van der Waals surface area contributed by atoms with E-state index in [4.69, 9.17) is 33.5 Å². The van der Waals surface area contributed by atoms with E-state index in [9.17, 15) is 58.5 Å². The van der Waals surface area contributed by atoms with E-state index in [-0.39, 0.29) is 68.1 Å². The summed E-state index contributed by atoms with van der Waals surface area (Å²) in [7, 11) is 3.41. The highest BCUT2D eigenvalue weighted by atomic mass is 35.5. The minimum Gasteiger partial charge on any atom is -0.508 e. The summed E-state index contributed by atoms with van der Waals surface area (Å²) in [6, 6.07) is 18.7. The summed E-state index contributed by atoms with van der Waals surface area (Å²) in [5.41, 5.74) is 20.9. The van der Waals surface area contributed by atoms with Gasteiger partial charge in [0.2, 0.25) is 47.3 Å². The lowest BCUT2D eigenvalue weighted by molar-refractivity contribution is -0.136. The minimum atomic E-state index is -1.77. The molecule has 1 aliphatic rings.